The predicted octanol–water partition coefficient (Wildman–Crippen LogP) is 2.67. The molecule has 0 radical (unpaired) electrons. The predicted molar refractivity (Wildman–Crippen MR) is 104 cm³/mol. The fourth-order valence-corrected chi connectivity index (χ4v) is 5.15. The number of nitrogens with one attached hydrogen (secondary N) is 1. The first-order valence-electron chi connectivity index (χ1n) is 10.9. The van der Waals surface area contributed by atoms with Crippen molar-refractivity contribution in [3.63, 3.8) is 0 Å². The van der Waals surface area contributed by atoms with Gasteiger partial charge in [-0.2, -0.15) is 0 Å². The molecule has 1 aromatic rings. The van der Waals surface area contributed by atoms with Crippen LogP contribution in [0.25, 0.3) is 0 Å². The summed E-state index contributed by atoms with van der Waals surface area (Å²) >= 11 is 0. The monoisotopic (exact) mass is 374 g/mol. The molecule has 1 saturated carbocycles. The van der Waals surface area contributed by atoms with Crippen molar-refractivity contribution in [3.8, 4) is 0 Å². The summed E-state index contributed by atoms with van der Waals surface area (Å²) < 4.78 is 1.89. The Morgan fingerprint density at radius 2 is 1.89 bits per heavy atom. The number of likely N-dealkylation sites (tertiary alicyclic amines) is 2. The Morgan fingerprint density at radius 3 is 2.70 bits per heavy atom. The molecule has 2 saturated heterocycles. The molecule has 2 aliphatic heterocycles. The summed E-state index contributed by atoms with van der Waals surface area (Å²) in [6.07, 6.45) is 15.2. The molecular formula is C20H34N6O. The van der Waals surface area contributed by atoms with Crippen LogP contribution in [0.15, 0.2) is 12.4 Å². The zero-order valence-corrected chi connectivity index (χ0v) is 16.4. The van der Waals surface area contributed by atoms with Gasteiger partial charge in [-0.1, -0.05) is 24.5 Å². The van der Waals surface area contributed by atoms with Gasteiger partial charge in [-0.05, 0) is 51.0 Å². The van der Waals surface area contributed by atoms with E-state index < -0.39 is 0 Å². The maximum absolute atomic E-state index is 12.7. The van der Waals surface area contributed by atoms with Crippen molar-refractivity contribution in [2.45, 2.75) is 69.9 Å². The van der Waals surface area contributed by atoms with Gasteiger partial charge in [0.15, 0.2) is 0 Å². The number of hydrogen-bond donors (Lipinski definition) is 1. The highest BCUT2D eigenvalue weighted by molar-refractivity contribution is 5.74. The van der Waals surface area contributed by atoms with Crippen LogP contribution in [0.2, 0.25) is 0 Å². The Kier molecular flexibility index (Phi) is 6.27. The van der Waals surface area contributed by atoms with E-state index >= 15 is 0 Å². The van der Waals surface area contributed by atoms with Crippen LogP contribution in [0.3, 0.4) is 0 Å². The summed E-state index contributed by atoms with van der Waals surface area (Å²) in [6, 6.07) is 0.859. The summed E-state index contributed by atoms with van der Waals surface area (Å²) in [5.74, 6) is 0.876. The van der Waals surface area contributed by atoms with E-state index in [1.165, 1.54) is 58.0 Å². The lowest BCUT2D eigenvalue weighted by molar-refractivity contribution is 0.154. The van der Waals surface area contributed by atoms with Gasteiger partial charge < -0.3 is 10.2 Å². The third-order valence-electron chi connectivity index (χ3n) is 6.70. The van der Waals surface area contributed by atoms with Crippen molar-refractivity contribution < 1.29 is 4.79 Å². The van der Waals surface area contributed by atoms with Gasteiger partial charge in [-0.25, -0.2) is 9.48 Å². The molecule has 2 unspecified atom stereocenters. The van der Waals surface area contributed by atoms with Crippen molar-refractivity contribution in [1.82, 2.24) is 30.1 Å². The largest absolute Gasteiger partial charge is 0.336 e. The van der Waals surface area contributed by atoms with Crippen molar-refractivity contribution in [1.29, 1.82) is 0 Å². The van der Waals surface area contributed by atoms with Crippen LogP contribution in [-0.2, 0) is 0 Å². The fourth-order valence-electron chi connectivity index (χ4n) is 5.15. The Bertz CT molecular complexity index is 585. The average molecular weight is 375 g/mol. The topological polar surface area (TPSA) is 66.3 Å². The first-order valence-corrected chi connectivity index (χ1v) is 10.9. The molecule has 150 valence electrons. The number of piperidine rings is 1. The SMILES string of the molecule is O=C(NCC1CCCN1CC1CCCCC1)N1CCCC(n2ccnn2)C1. The summed E-state index contributed by atoms with van der Waals surface area (Å²) in [6.45, 7) is 4.79. The van der Waals surface area contributed by atoms with Gasteiger partial charge in [0.25, 0.3) is 0 Å². The molecule has 1 aromatic heterocycles. The lowest BCUT2D eigenvalue weighted by Gasteiger charge is -2.34. The zero-order valence-electron chi connectivity index (χ0n) is 16.4. The molecule has 7 heteroatoms. The summed E-state index contributed by atoms with van der Waals surface area (Å²) in [5.41, 5.74) is 0. The summed E-state index contributed by atoms with van der Waals surface area (Å²) in [5, 5.41) is 11.2. The van der Waals surface area contributed by atoms with Crippen LogP contribution in [-0.4, -0.2) is 69.6 Å². The first-order chi connectivity index (χ1) is 13.3. The lowest BCUT2D eigenvalue weighted by Crippen LogP contribution is -2.49. The van der Waals surface area contributed by atoms with Crippen LogP contribution in [0.5, 0.6) is 0 Å². The van der Waals surface area contributed by atoms with Crippen LogP contribution in [0.4, 0.5) is 4.79 Å². The van der Waals surface area contributed by atoms with Crippen LogP contribution >= 0.6 is 0 Å². The van der Waals surface area contributed by atoms with E-state index in [-0.39, 0.29) is 12.1 Å². The van der Waals surface area contributed by atoms with Crippen LogP contribution in [0, 0.1) is 5.92 Å². The zero-order chi connectivity index (χ0) is 18.5. The van der Waals surface area contributed by atoms with Gasteiger partial charge in [-0.3, -0.25) is 4.90 Å². The van der Waals surface area contributed by atoms with E-state index in [9.17, 15) is 4.79 Å². The molecule has 0 aromatic carbocycles. The Balaban J connectivity index is 1.24. The van der Waals surface area contributed by atoms with E-state index in [1.807, 2.05) is 15.8 Å². The van der Waals surface area contributed by atoms with Crippen molar-refractivity contribution in [2.24, 2.45) is 5.92 Å². The highest BCUT2D eigenvalue weighted by Gasteiger charge is 2.29. The molecule has 2 atom stereocenters. The Hall–Kier alpha value is -1.63. The molecule has 1 N–H and O–H groups in total. The fraction of sp³-hybridized carbons (Fsp3) is 0.850. The minimum absolute atomic E-state index is 0.0873. The molecule has 3 heterocycles. The number of hydrogen-bond acceptors (Lipinski definition) is 4. The smallest absolute Gasteiger partial charge is 0.317 e. The molecule has 7 nitrogen and oxygen atoms in total. The van der Waals surface area contributed by atoms with Gasteiger partial charge in [0.2, 0.25) is 0 Å². The van der Waals surface area contributed by atoms with Crippen LogP contribution in [0.1, 0.15) is 63.8 Å². The summed E-state index contributed by atoms with van der Waals surface area (Å²) in [4.78, 5) is 17.3. The molecule has 1 aliphatic carbocycles. The number of urea groups is 1. The first kappa shape index (κ1) is 18.7. The van der Waals surface area contributed by atoms with Gasteiger partial charge >= 0.3 is 6.03 Å². The maximum atomic E-state index is 12.7. The third-order valence-corrected chi connectivity index (χ3v) is 6.70. The number of amides is 2. The number of carbonyl (C=O) groups excluding carboxylic acids is 1. The van der Waals surface area contributed by atoms with Gasteiger partial charge in [-0.15, -0.1) is 5.10 Å². The van der Waals surface area contributed by atoms with E-state index in [0.717, 1.165) is 38.4 Å². The minimum atomic E-state index is 0.0873. The number of nitrogens with zero attached hydrogens (tertiary/aromatic N) is 5. The van der Waals surface area contributed by atoms with E-state index in [0.29, 0.717) is 6.04 Å². The quantitative estimate of drug-likeness (QED) is 0.860. The lowest BCUT2D eigenvalue weighted by atomic mass is 9.89. The van der Waals surface area contributed by atoms with Crippen LogP contribution < -0.4 is 5.32 Å². The normalized spacial score (nSPS) is 27.8. The molecule has 0 bridgehead atoms. The maximum Gasteiger partial charge on any atom is 0.317 e. The minimum Gasteiger partial charge on any atom is -0.336 e. The standard InChI is InChI=1S/C20H34N6O/c27-20(25-12-5-9-19(16-25)26-13-10-22-23-26)21-14-18-8-4-11-24(18)15-17-6-2-1-3-7-17/h10,13,17-19H,1-9,11-12,14-16H2,(H,21,27). The number of rotatable bonds is 5. The molecule has 27 heavy (non-hydrogen) atoms. The average Bonchev–Trinajstić information content (AvgIpc) is 3.39. The van der Waals surface area contributed by atoms with Crippen molar-refractivity contribution >= 4 is 6.03 Å². The molecule has 3 aliphatic rings. The van der Waals surface area contributed by atoms with Gasteiger partial charge in [0.05, 0.1) is 12.2 Å². The Morgan fingerprint density at radius 1 is 1.04 bits per heavy atom. The molecule has 3 fully saturated rings. The van der Waals surface area contributed by atoms with Crippen molar-refractivity contribution in [2.75, 3.05) is 32.7 Å². The highest BCUT2D eigenvalue weighted by Crippen LogP contribution is 2.27. The second-order valence-corrected chi connectivity index (χ2v) is 8.61. The third kappa shape index (κ3) is 4.81. The second-order valence-electron chi connectivity index (χ2n) is 8.61. The molecule has 4 rings (SSSR count). The molecule has 2 amide bonds. The molecular weight excluding hydrogens is 340 g/mol. The van der Waals surface area contributed by atoms with E-state index in [4.69, 9.17) is 0 Å². The second kappa shape index (κ2) is 9.04. The highest BCUT2D eigenvalue weighted by atomic mass is 16.2. The number of aromatic nitrogens is 3. The Labute approximate surface area is 162 Å². The van der Waals surface area contributed by atoms with E-state index in [1.54, 1.807) is 6.20 Å². The molecule has 0 spiro atoms. The van der Waals surface area contributed by atoms with Crippen molar-refractivity contribution in [3.05, 3.63) is 12.4 Å². The summed E-state index contributed by atoms with van der Waals surface area (Å²) in [7, 11) is 0. The number of carbonyl (C=O) groups is 1. The van der Waals surface area contributed by atoms with E-state index in [2.05, 4.69) is 20.5 Å². The van der Waals surface area contributed by atoms with Gasteiger partial charge in [0.1, 0.15) is 0 Å². The van der Waals surface area contributed by atoms with Gasteiger partial charge in [0, 0.05) is 38.4 Å².